The first-order valence-corrected chi connectivity index (χ1v) is 11.0. The van der Waals surface area contributed by atoms with E-state index >= 15 is 0 Å². The molecule has 9 heteroatoms. The van der Waals surface area contributed by atoms with Gasteiger partial charge >= 0.3 is 6.03 Å². The third-order valence-electron chi connectivity index (χ3n) is 5.17. The lowest BCUT2D eigenvalue weighted by Crippen LogP contribution is -2.42. The zero-order chi connectivity index (χ0) is 21.9. The molecule has 0 radical (unpaired) electrons. The summed E-state index contributed by atoms with van der Waals surface area (Å²) in [5.41, 5.74) is 2.67. The van der Waals surface area contributed by atoms with Crippen LogP contribution in [0.15, 0.2) is 41.3 Å². The third-order valence-corrected chi connectivity index (χ3v) is 7.08. The number of carbonyl (C=O) groups is 1. The molecule has 0 spiro atoms. The molecule has 1 aliphatic heterocycles. The Balaban J connectivity index is 1.72. The predicted octanol–water partition coefficient (Wildman–Crippen LogP) is 2.22. The van der Waals surface area contributed by atoms with Crippen molar-refractivity contribution in [2.45, 2.75) is 24.4 Å². The minimum Gasteiger partial charge on any atom is -0.493 e. The number of nitrogens with zero attached hydrogens (tertiary/aromatic N) is 2. The van der Waals surface area contributed by atoms with Crippen LogP contribution in [0.3, 0.4) is 0 Å². The van der Waals surface area contributed by atoms with Crippen LogP contribution >= 0.6 is 0 Å². The molecule has 162 valence electrons. The molecule has 8 nitrogen and oxygen atoms in total. The minimum absolute atomic E-state index is 0.122. The number of amides is 2. The van der Waals surface area contributed by atoms with Crippen LogP contribution in [0, 0.1) is 0 Å². The van der Waals surface area contributed by atoms with Gasteiger partial charge in [0.25, 0.3) is 0 Å². The quantitative estimate of drug-likeness (QED) is 0.755. The summed E-state index contributed by atoms with van der Waals surface area (Å²) in [5, 5.41) is 2.85. The smallest absolute Gasteiger partial charge is 0.317 e. The lowest BCUT2D eigenvalue weighted by atomic mass is 9.99. The molecule has 2 aromatic rings. The molecular weight excluding hydrogens is 406 g/mol. The first kappa shape index (κ1) is 21.9. The van der Waals surface area contributed by atoms with E-state index in [1.54, 1.807) is 43.4 Å². The van der Waals surface area contributed by atoms with Gasteiger partial charge in [0.05, 0.1) is 19.1 Å². The Labute approximate surface area is 177 Å². The average Bonchev–Trinajstić information content (AvgIpc) is 2.75. The van der Waals surface area contributed by atoms with E-state index in [0.717, 1.165) is 15.4 Å². The summed E-state index contributed by atoms with van der Waals surface area (Å²) < 4.78 is 36.9. The molecule has 2 aromatic carbocycles. The second kappa shape index (κ2) is 8.93. The molecule has 0 unspecified atom stereocenters. The number of carbonyl (C=O) groups excluding carboxylic acids is 1. The molecule has 0 aliphatic carbocycles. The Morgan fingerprint density at radius 3 is 2.37 bits per heavy atom. The molecule has 3 rings (SSSR count). The molecular formula is C21H27N3O5S. The maximum atomic E-state index is 12.8. The highest BCUT2D eigenvalue weighted by Gasteiger charge is 2.24. The molecule has 30 heavy (non-hydrogen) atoms. The molecule has 2 amide bonds. The van der Waals surface area contributed by atoms with Crippen LogP contribution in [0.4, 0.5) is 4.79 Å². The monoisotopic (exact) mass is 433 g/mol. The third kappa shape index (κ3) is 4.36. The maximum absolute atomic E-state index is 12.8. The van der Waals surface area contributed by atoms with Crippen LogP contribution in [0.1, 0.15) is 16.7 Å². The maximum Gasteiger partial charge on any atom is 0.317 e. The topological polar surface area (TPSA) is 88.2 Å². The average molecular weight is 434 g/mol. The van der Waals surface area contributed by atoms with E-state index in [2.05, 4.69) is 5.32 Å². The van der Waals surface area contributed by atoms with E-state index in [9.17, 15) is 13.2 Å². The Bertz CT molecular complexity index is 1040. The van der Waals surface area contributed by atoms with Gasteiger partial charge in [-0.2, -0.15) is 0 Å². The lowest BCUT2D eigenvalue weighted by molar-refractivity contribution is 0.191. The van der Waals surface area contributed by atoms with Crippen LogP contribution in [-0.4, -0.2) is 58.5 Å². The van der Waals surface area contributed by atoms with Crippen molar-refractivity contribution >= 4 is 16.1 Å². The molecule has 0 saturated carbocycles. The normalized spacial score (nSPS) is 13.7. The van der Waals surface area contributed by atoms with Gasteiger partial charge in [0.1, 0.15) is 0 Å². The Hall–Kier alpha value is -2.78. The predicted molar refractivity (Wildman–Crippen MR) is 113 cm³/mol. The fourth-order valence-electron chi connectivity index (χ4n) is 3.44. The number of benzene rings is 2. The van der Waals surface area contributed by atoms with Crippen molar-refractivity contribution in [3.8, 4) is 11.5 Å². The summed E-state index contributed by atoms with van der Waals surface area (Å²) in [5.74, 6) is 1.30. The van der Waals surface area contributed by atoms with E-state index in [1.807, 2.05) is 12.1 Å². The second-order valence-corrected chi connectivity index (χ2v) is 9.32. The molecule has 1 heterocycles. The summed E-state index contributed by atoms with van der Waals surface area (Å²) >= 11 is 0. The molecule has 1 N–H and O–H groups in total. The van der Waals surface area contributed by atoms with E-state index in [4.69, 9.17) is 9.47 Å². The van der Waals surface area contributed by atoms with Gasteiger partial charge in [-0.15, -0.1) is 0 Å². The van der Waals surface area contributed by atoms with Crippen LogP contribution in [0.2, 0.25) is 0 Å². The summed E-state index contributed by atoms with van der Waals surface area (Å²) in [6.07, 6.45) is 0.703. The van der Waals surface area contributed by atoms with Crippen molar-refractivity contribution in [2.75, 3.05) is 34.9 Å². The number of fused-ring (bicyclic) bond motifs is 1. The van der Waals surface area contributed by atoms with Gasteiger partial charge in [-0.3, -0.25) is 0 Å². The van der Waals surface area contributed by atoms with Crippen molar-refractivity contribution in [3.05, 3.63) is 53.1 Å². The summed E-state index contributed by atoms with van der Waals surface area (Å²) in [6, 6.07) is 10.3. The number of methoxy groups -OCH3 is 2. The van der Waals surface area contributed by atoms with E-state index in [-0.39, 0.29) is 17.5 Å². The van der Waals surface area contributed by atoms with Gasteiger partial charge < -0.3 is 19.7 Å². The number of nitrogens with one attached hydrogen (secondary N) is 1. The SMILES string of the molecule is COc1cc2c(cc1OC)CN(C(=O)NCc1ccccc1S(=O)(=O)N(C)C)CC2. The molecule has 1 aliphatic rings. The highest BCUT2D eigenvalue weighted by Crippen LogP contribution is 2.33. The van der Waals surface area contributed by atoms with Crippen LogP contribution < -0.4 is 14.8 Å². The van der Waals surface area contributed by atoms with E-state index in [0.29, 0.717) is 36.6 Å². The van der Waals surface area contributed by atoms with Crippen molar-refractivity contribution in [1.82, 2.24) is 14.5 Å². The first-order chi connectivity index (χ1) is 14.3. The molecule has 0 fully saturated rings. The highest BCUT2D eigenvalue weighted by molar-refractivity contribution is 7.89. The summed E-state index contributed by atoms with van der Waals surface area (Å²) in [4.78, 5) is 14.6. The van der Waals surface area contributed by atoms with Crippen molar-refractivity contribution in [2.24, 2.45) is 0 Å². The lowest BCUT2D eigenvalue weighted by Gasteiger charge is -2.30. The number of ether oxygens (including phenoxy) is 2. The number of sulfonamides is 1. The van der Waals surface area contributed by atoms with Gasteiger partial charge in [-0.1, -0.05) is 18.2 Å². The molecule has 0 atom stereocenters. The Morgan fingerprint density at radius 1 is 1.10 bits per heavy atom. The number of hydrogen-bond acceptors (Lipinski definition) is 5. The van der Waals surface area contributed by atoms with Gasteiger partial charge in [-0.05, 0) is 41.3 Å². The number of hydrogen-bond donors (Lipinski definition) is 1. The first-order valence-electron chi connectivity index (χ1n) is 9.55. The zero-order valence-electron chi connectivity index (χ0n) is 17.6. The molecule has 0 bridgehead atoms. The van der Waals surface area contributed by atoms with E-state index < -0.39 is 10.0 Å². The minimum atomic E-state index is -3.59. The summed E-state index contributed by atoms with van der Waals surface area (Å²) in [6.45, 7) is 1.13. The number of rotatable bonds is 6. The standard InChI is InChI=1S/C21H27N3O5S/c1-23(2)30(26,27)20-8-6-5-7-16(20)13-22-21(25)24-10-9-15-11-18(28-3)19(29-4)12-17(15)14-24/h5-8,11-12H,9-10,13-14H2,1-4H3,(H,22,25). The van der Waals surface area contributed by atoms with Crippen LogP contribution in [0.5, 0.6) is 11.5 Å². The fraction of sp³-hybridized carbons (Fsp3) is 0.381. The molecule has 0 saturated heterocycles. The van der Waals surface area contributed by atoms with Crippen LogP contribution in [-0.2, 0) is 29.5 Å². The number of urea groups is 1. The van der Waals surface area contributed by atoms with Crippen molar-refractivity contribution < 1.29 is 22.7 Å². The highest BCUT2D eigenvalue weighted by atomic mass is 32.2. The van der Waals surface area contributed by atoms with Crippen molar-refractivity contribution in [3.63, 3.8) is 0 Å². The van der Waals surface area contributed by atoms with Gasteiger partial charge in [-0.25, -0.2) is 17.5 Å². The van der Waals surface area contributed by atoms with Gasteiger partial charge in [0.15, 0.2) is 11.5 Å². The largest absolute Gasteiger partial charge is 0.493 e. The van der Waals surface area contributed by atoms with Gasteiger partial charge in [0.2, 0.25) is 10.0 Å². The second-order valence-electron chi connectivity index (χ2n) is 7.20. The fourth-order valence-corrected chi connectivity index (χ4v) is 4.55. The molecule has 0 aromatic heterocycles. The van der Waals surface area contributed by atoms with Crippen LogP contribution in [0.25, 0.3) is 0 Å². The summed E-state index contributed by atoms with van der Waals surface area (Å²) in [7, 11) is 2.56. The van der Waals surface area contributed by atoms with Crippen molar-refractivity contribution in [1.29, 1.82) is 0 Å². The Morgan fingerprint density at radius 2 is 1.73 bits per heavy atom. The zero-order valence-corrected chi connectivity index (χ0v) is 18.5. The Kier molecular flexibility index (Phi) is 6.52. The van der Waals surface area contributed by atoms with E-state index in [1.165, 1.54) is 14.1 Å². The van der Waals surface area contributed by atoms with Gasteiger partial charge in [0, 0.05) is 33.7 Å².